The minimum Gasteiger partial charge on any atom is -0.396 e. The first kappa shape index (κ1) is 14.9. The molecule has 0 saturated heterocycles. The summed E-state index contributed by atoms with van der Waals surface area (Å²) in [4.78, 5) is -0.0792. The highest BCUT2D eigenvalue weighted by Crippen LogP contribution is 2.20. The molecule has 1 atom stereocenters. The van der Waals surface area contributed by atoms with Crippen LogP contribution < -0.4 is 10.5 Å². The third-order valence-corrected chi connectivity index (χ3v) is 3.86. The molecule has 5 nitrogen and oxygen atoms in total. The highest BCUT2D eigenvalue weighted by Gasteiger charge is 2.17. The molecule has 0 amide bonds. The first-order valence-corrected chi connectivity index (χ1v) is 6.95. The Morgan fingerprint density at radius 2 is 2.11 bits per heavy atom. The summed E-state index contributed by atoms with van der Waals surface area (Å²) in [7, 11) is -3.73. The maximum absolute atomic E-state index is 13.3. The predicted octanol–water partition coefficient (Wildman–Crippen LogP) is 0.766. The Hall–Kier alpha value is -1.18. The van der Waals surface area contributed by atoms with E-state index in [0.717, 1.165) is 6.07 Å². The topological polar surface area (TPSA) is 92.4 Å². The monoisotopic (exact) mass is 276 g/mol. The Labute approximate surface area is 106 Å². The van der Waals surface area contributed by atoms with Crippen LogP contribution in [0, 0.1) is 12.7 Å². The van der Waals surface area contributed by atoms with Gasteiger partial charge in [0, 0.05) is 6.54 Å². The maximum atomic E-state index is 13.3. The van der Waals surface area contributed by atoms with Gasteiger partial charge in [-0.2, -0.15) is 0 Å². The molecule has 0 radical (unpaired) electrons. The van der Waals surface area contributed by atoms with E-state index in [1.165, 1.54) is 13.0 Å². The summed E-state index contributed by atoms with van der Waals surface area (Å²) < 4.78 is 39.3. The summed E-state index contributed by atoms with van der Waals surface area (Å²) in [6.45, 7) is 3.12. The third kappa shape index (κ3) is 3.66. The van der Waals surface area contributed by atoms with Crippen LogP contribution in [0.3, 0.4) is 0 Å². The van der Waals surface area contributed by atoms with Gasteiger partial charge >= 0.3 is 0 Å². The van der Waals surface area contributed by atoms with Gasteiger partial charge in [0.15, 0.2) is 0 Å². The highest BCUT2D eigenvalue weighted by atomic mass is 32.2. The number of halogens is 1. The molecule has 0 saturated carbocycles. The molecule has 0 bridgehead atoms. The first-order chi connectivity index (χ1) is 8.24. The number of anilines is 1. The Kier molecular flexibility index (Phi) is 4.66. The van der Waals surface area contributed by atoms with E-state index in [9.17, 15) is 12.8 Å². The zero-order chi connectivity index (χ0) is 13.9. The number of hydrogen-bond donors (Lipinski definition) is 3. The van der Waals surface area contributed by atoms with Crippen molar-refractivity contribution in [3.8, 4) is 0 Å². The van der Waals surface area contributed by atoms with E-state index in [0.29, 0.717) is 6.42 Å². The van der Waals surface area contributed by atoms with Crippen LogP contribution >= 0.6 is 0 Å². The maximum Gasteiger partial charge on any atom is 0.240 e. The second-order valence-corrected chi connectivity index (χ2v) is 5.95. The van der Waals surface area contributed by atoms with Crippen LogP contribution in [0.15, 0.2) is 17.0 Å². The lowest BCUT2D eigenvalue weighted by Gasteiger charge is -2.10. The van der Waals surface area contributed by atoms with Gasteiger partial charge < -0.3 is 10.8 Å². The largest absolute Gasteiger partial charge is 0.396 e. The standard InChI is InChI=1S/C11H17FN2O3S/c1-7-5-9(6-10(13)11(7)12)18(16,17)14-4-3-8(2)15/h5-6,8,14-15H,3-4,13H2,1-2H3. The highest BCUT2D eigenvalue weighted by molar-refractivity contribution is 7.89. The molecule has 0 aliphatic carbocycles. The van der Waals surface area contributed by atoms with E-state index >= 15 is 0 Å². The molecule has 0 aliphatic rings. The number of aliphatic hydroxyl groups excluding tert-OH is 1. The summed E-state index contributed by atoms with van der Waals surface area (Å²) in [6, 6.07) is 2.30. The molecule has 18 heavy (non-hydrogen) atoms. The summed E-state index contributed by atoms with van der Waals surface area (Å²) in [5, 5.41) is 9.04. The molecular formula is C11H17FN2O3S. The van der Waals surface area contributed by atoms with E-state index in [4.69, 9.17) is 10.8 Å². The third-order valence-electron chi connectivity index (χ3n) is 2.42. The van der Waals surface area contributed by atoms with Crippen molar-refractivity contribution >= 4 is 15.7 Å². The Morgan fingerprint density at radius 3 is 2.61 bits per heavy atom. The Morgan fingerprint density at radius 1 is 1.50 bits per heavy atom. The molecule has 0 heterocycles. The summed E-state index contributed by atoms with van der Waals surface area (Å²) in [5.74, 6) is -0.613. The van der Waals surface area contributed by atoms with E-state index in [-0.39, 0.29) is 22.7 Å². The molecule has 0 fully saturated rings. The quantitative estimate of drug-likeness (QED) is 0.692. The van der Waals surface area contributed by atoms with Crippen LogP contribution in [0.1, 0.15) is 18.9 Å². The smallest absolute Gasteiger partial charge is 0.240 e. The predicted molar refractivity (Wildman–Crippen MR) is 67.0 cm³/mol. The van der Waals surface area contributed by atoms with Crippen LogP contribution in [-0.2, 0) is 10.0 Å². The lowest BCUT2D eigenvalue weighted by atomic mass is 10.2. The molecule has 0 aliphatic heterocycles. The summed E-state index contributed by atoms with van der Waals surface area (Å²) in [6.07, 6.45) is -0.290. The van der Waals surface area contributed by atoms with Gasteiger partial charge in [0.1, 0.15) is 5.82 Å². The van der Waals surface area contributed by atoms with Crippen molar-refractivity contribution in [3.05, 3.63) is 23.5 Å². The van der Waals surface area contributed by atoms with Crippen LogP contribution in [-0.4, -0.2) is 26.2 Å². The van der Waals surface area contributed by atoms with Crippen LogP contribution in [0.5, 0.6) is 0 Å². The van der Waals surface area contributed by atoms with E-state index in [1.54, 1.807) is 6.92 Å². The molecule has 102 valence electrons. The number of sulfonamides is 1. The fraction of sp³-hybridized carbons (Fsp3) is 0.455. The SMILES string of the molecule is Cc1cc(S(=O)(=O)NCCC(C)O)cc(N)c1F. The summed E-state index contributed by atoms with van der Waals surface area (Å²) in [5.41, 5.74) is 5.36. The van der Waals surface area contributed by atoms with Gasteiger partial charge in [0.25, 0.3) is 0 Å². The van der Waals surface area contributed by atoms with Gasteiger partial charge in [-0.05, 0) is 38.0 Å². The summed E-state index contributed by atoms with van der Waals surface area (Å²) >= 11 is 0. The van der Waals surface area contributed by atoms with Crippen molar-refractivity contribution in [1.29, 1.82) is 0 Å². The number of aliphatic hydroxyl groups is 1. The second-order valence-electron chi connectivity index (χ2n) is 4.18. The molecular weight excluding hydrogens is 259 g/mol. The van der Waals surface area contributed by atoms with Crippen molar-refractivity contribution in [2.45, 2.75) is 31.3 Å². The van der Waals surface area contributed by atoms with Gasteiger partial charge in [-0.3, -0.25) is 0 Å². The molecule has 1 rings (SSSR count). The van der Waals surface area contributed by atoms with Crippen LogP contribution in [0.4, 0.5) is 10.1 Å². The van der Waals surface area contributed by atoms with Crippen LogP contribution in [0.25, 0.3) is 0 Å². The molecule has 1 aromatic rings. The van der Waals surface area contributed by atoms with Gasteiger partial charge in [0.2, 0.25) is 10.0 Å². The van der Waals surface area contributed by atoms with Gasteiger partial charge in [0.05, 0.1) is 16.7 Å². The van der Waals surface area contributed by atoms with E-state index < -0.39 is 21.9 Å². The number of nitrogens with two attached hydrogens (primary N) is 1. The van der Waals surface area contributed by atoms with Crippen molar-refractivity contribution in [2.75, 3.05) is 12.3 Å². The first-order valence-electron chi connectivity index (χ1n) is 5.47. The van der Waals surface area contributed by atoms with Crippen molar-refractivity contribution in [2.24, 2.45) is 0 Å². The van der Waals surface area contributed by atoms with Gasteiger partial charge in [-0.15, -0.1) is 0 Å². The number of hydrogen-bond acceptors (Lipinski definition) is 4. The zero-order valence-corrected chi connectivity index (χ0v) is 11.1. The fourth-order valence-electron chi connectivity index (χ4n) is 1.40. The fourth-order valence-corrected chi connectivity index (χ4v) is 2.57. The Bertz CT molecular complexity index is 506. The van der Waals surface area contributed by atoms with E-state index in [1.807, 2.05) is 0 Å². The van der Waals surface area contributed by atoms with Gasteiger partial charge in [-0.25, -0.2) is 17.5 Å². The van der Waals surface area contributed by atoms with Crippen LogP contribution in [0.2, 0.25) is 0 Å². The Balaban J connectivity index is 2.92. The molecule has 7 heteroatoms. The average Bonchev–Trinajstić information content (AvgIpc) is 2.24. The number of benzene rings is 1. The molecule has 0 aromatic heterocycles. The normalized spacial score (nSPS) is 13.6. The molecule has 1 unspecified atom stereocenters. The molecule has 1 aromatic carbocycles. The minimum atomic E-state index is -3.73. The number of nitrogens with one attached hydrogen (secondary N) is 1. The number of nitrogen functional groups attached to an aromatic ring is 1. The second kappa shape index (κ2) is 5.64. The molecule has 0 spiro atoms. The minimum absolute atomic E-state index is 0.0792. The average molecular weight is 276 g/mol. The van der Waals surface area contributed by atoms with Gasteiger partial charge in [-0.1, -0.05) is 0 Å². The zero-order valence-electron chi connectivity index (χ0n) is 10.3. The molecule has 4 N–H and O–H groups in total. The number of aryl methyl sites for hydroxylation is 1. The van der Waals surface area contributed by atoms with Crippen molar-refractivity contribution < 1.29 is 17.9 Å². The van der Waals surface area contributed by atoms with Crippen molar-refractivity contribution in [1.82, 2.24) is 4.72 Å². The number of rotatable bonds is 5. The van der Waals surface area contributed by atoms with E-state index in [2.05, 4.69) is 4.72 Å². The van der Waals surface area contributed by atoms with Crippen molar-refractivity contribution in [3.63, 3.8) is 0 Å². The lowest BCUT2D eigenvalue weighted by Crippen LogP contribution is -2.27. The lowest BCUT2D eigenvalue weighted by molar-refractivity contribution is 0.186.